The number of nitrogens with zero attached hydrogens (tertiary/aromatic N) is 2. The van der Waals surface area contributed by atoms with Crippen LogP contribution in [0.5, 0.6) is 0 Å². The van der Waals surface area contributed by atoms with Crippen molar-refractivity contribution in [1.29, 1.82) is 0 Å². The Labute approximate surface area is 185 Å². The number of nitrogens with one attached hydrogen (secondary N) is 1. The number of amides is 2. The number of carbonyl (C=O) groups excluding carboxylic acids is 3. The molecule has 0 saturated heterocycles. The van der Waals surface area contributed by atoms with Gasteiger partial charge in [0, 0.05) is 24.8 Å². The molecule has 1 unspecified atom stereocenters. The number of hydrogen-bond acceptors (Lipinski definition) is 7. The van der Waals surface area contributed by atoms with E-state index < -0.39 is 23.8 Å². The molecule has 9 nitrogen and oxygen atoms in total. The summed E-state index contributed by atoms with van der Waals surface area (Å²) in [6.07, 6.45) is 0.229. The molecule has 1 aromatic heterocycles. The monoisotopic (exact) mass is 436 g/mol. The van der Waals surface area contributed by atoms with E-state index in [9.17, 15) is 14.4 Å². The molecule has 0 spiro atoms. The van der Waals surface area contributed by atoms with E-state index in [1.165, 1.54) is 0 Å². The zero-order valence-corrected chi connectivity index (χ0v) is 17.4. The Bertz CT molecular complexity index is 1040. The Morgan fingerprint density at radius 3 is 2.38 bits per heavy atom. The van der Waals surface area contributed by atoms with Gasteiger partial charge in [0.25, 0.3) is 0 Å². The van der Waals surface area contributed by atoms with Crippen LogP contribution in [-0.4, -0.2) is 34.0 Å². The van der Waals surface area contributed by atoms with Crippen LogP contribution in [0, 0.1) is 0 Å². The maximum Gasteiger partial charge on any atom is 0.306 e. The van der Waals surface area contributed by atoms with Crippen molar-refractivity contribution in [3.8, 4) is 11.4 Å². The molecule has 1 atom stereocenters. The molecule has 0 fully saturated rings. The molecular weight excluding hydrogens is 412 g/mol. The van der Waals surface area contributed by atoms with E-state index in [0.29, 0.717) is 11.7 Å². The smallest absolute Gasteiger partial charge is 0.306 e. The predicted molar refractivity (Wildman–Crippen MR) is 115 cm³/mol. The highest BCUT2D eigenvalue weighted by atomic mass is 16.5. The summed E-state index contributed by atoms with van der Waals surface area (Å²) in [7, 11) is 0. The maximum absolute atomic E-state index is 12.2. The molecule has 0 aliphatic rings. The van der Waals surface area contributed by atoms with Crippen LogP contribution in [0.2, 0.25) is 0 Å². The number of rotatable bonds is 11. The summed E-state index contributed by atoms with van der Waals surface area (Å²) in [5, 5.41) is 6.44. The SMILES string of the molecule is NC(=O)C(CCC(=O)OCc1ccccc1)NC(=O)CCc1nc(-c2ccccc2)no1. The van der Waals surface area contributed by atoms with E-state index in [1.807, 2.05) is 60.7 Å². The van der Waals surface area contributed by atoms with Crippen molar-refractivity contribution in [2.24, 2.45) is 5.73 Å². The molecule has 0 aliphatic carbocycles. The maximum atomic E-state index is 12.2. The van der Waals surface area contributed by atoms with Gasteiger partial charge in [-0.1, -0.05) is 65.8 Å². The van der Waals surface area contributed by atoms with Crippen LogP contribution in [-0.2, 0) is 32.1 Å². The summed E-state index contributed by atoms with van der Waals surface area (Å²) in [6.45, 7) is 0.141. The molecule has 166 valence electrons. The third-order valence-electron chi connectivity index (χ3n) is 4.62. The Hall–Kier alpha value is -4.01. The van der Waals surface area contributed by atoms with Gasteiger partial charge in [-0.2, -0.15) is 4.98 Å². The summed E-state index contributed by atoms with van der Waals surface area (Å²) in [6, 6.07) is 17.6. The van der Waals surface area contributed by atoms with Crippen LogP contribution in [0.25, 0.3) is 11.4 Å². The first kappa shape index (κ1) is 22.7. The summed E-state index contributed by atoms with van der Waals surface area (Å²) in [5.41, 5.74) is 7.03. The number of esters is 1. The number of primary amides is 1. The predicted octanol–water partition coefficient (Wildman–Crippen LogP) is 2.16. The van der Waals surface area contributed by atoms with Crippen LogP contribution in [0.3, 0.4) is 0 Å². The molecule has 3 N–H and O–H groups in total. The molecule has 3 aromatic rings. The second kappa shape index (κ2) is 11.4. The normalized spacial score (nSPS) is 11.5. The van der Waals surface area contributed by atoms with Crippen molar-refractivity contribution >= 4 is 17.8 Å². The Kier molecular flexibility index (Phi) is 8.08. The minimum Gasteiger partial charge on any atom is -0.461 e. The van der Waals surface area contributed by atoms with Crippen molar-refractivity contribution in [2.75, 3.05) is 0 Å². The van der Waals surface area contributed by atoms with Gasteiger partial charge in [-0.05, 0) is 12.0 Å². The molecule has 9 heteroatoms. The summed E-state index contributed by atoms with van der Waals surface area (Å²) in [4.78, 5) is 40.1. The van der Waals surface area contributed by atoms with Gasteiger partial charge >= 0.3 is 5.97 Å². The van der Waals surface area contributed by atoms with E-state index in [1.54, 1.807) is 0 Å². The Morgan fingerprint density at radius 2 is 1.69 bits per heavy atom. The van der Waals surface area contributed by atoms with E-state index in [0.717, 1.165) is 11.1 Å². The minimum absolute atomic E-state index is 0.0264. The van der Waals surface area contributed by atoms with E-state index >= 15 is 0 Å². The second-order valence-electron chi connectivity index (χ2n) is 7.09. The van der Waals surface area contributed by atoms with Gasteiger partial charge in [-0.15, -0.1) is 0 Å². The number of nitrogens with two attached hydrogens (primary N) is 1. The Balaban J connectivity index is 1.42. The lowest BCUT2D eigenvalue weighted by Gasteiger charge is -2.15. The first-order valence-electron chi connectivity index (χ1n) is 10.2. The quantitative estimate of drug-likeness (QED) is 0.439. The Morgan fingerprint density at radius 1 is 1.00 bits per heavy atom. The van der Waals surface area contributed by atoms with Gasteiger partial charge in [-0.3, -0.25) is 14.4 Å². The zero-order valence-electron chi connectivity index (χ0n) is 17.4. The van der Waals surface area contributed by atoms with Crippen molar-refractivity contribution in [2.45, 2.75) is 38.3 Å². The van der Waals surface area contributed by atoms with Gasteiger partial charge < -0.3 is 20.3 Å². The van der Waals surface area contributed by atoms with Crippen molar-refractivity contribution in [3.63, 3.8) is 0 Å². The standard InChI is InChI=1S/C23H24N4O5/c24-22(30)18(11-14-21(29)31-15-16-7-3-1-4-8-16)25-19(28)12-13-20-26-23(27-32-20)17-9-5-2-6-10-17/h1-10,18H,11-15H2,(H2,24,30)(H,25,28). The highest BCUT2D eigenvalue weighted by molar-refractivity contribution is 5.87. The number of hydrogen-bond donors (Lipinski definition) is 2. The first-order valence-corrected chi connectivity index (χ1v) is 10.2. The fraction of sp³-hybridized carbons (Fsp3) is 0.261. The number of ether oxygens (including phenoxy) is 1. The summed E-state index contributed by atoms with van der Waals surface area (Å²) >= 11 is 0. The third kappa shape index (κ3) is 7.05. The van der Waals surface area contributed by atoms with Crippen LogP contribution in [0.4, 0.5) is 0 Å². The lowest BCUT2D eigenvalue weighted by molar-refractivity contribution is -0.145. The highest BCUT2D eigenvalue weighted by Gasteiger charge is 2.20. The van der Waals surface area contributed by atoms with E-state index in [2.05, 4.69) is 15.5 Å². The highest BCUT2D eigenvalue weighted by Crippen LogP contribution is 2.15. The molecule has 0 aliphatic heterocycles. The van der Waals surface area contributed by atoms with E-state index in [4.69, 9.17) is 15.0 Å². The number of aromatic nitrogens is 2. The molecule has 1 heterocycles. The van der Waals surface area contributed by atoms with Crippen molar-refractivity contribution < 1.29 is 23.6 Å². The number of carbonyl (C=O) groups is 3. The zero-order chi connectivity index (χ0) is 22.8. The minimum atomic E-state index is -0.977. The van der Waals surface area contributed by atoms with Crippen LogP contribution in [0.1, 0.15) is 30.7 Å². The van der Waals surface area contributed by atoms with Gasteiger partial charge in [0.2, 0.25) is 23.5 Å². The van der Waals surface area contributed by atoms with Crippen LogP contribution < -0.4 is 11.1 Å². The van der Waals surface area contributed by atoms with Crippen molar-refractivity contribution in [1.82, 2.24) is 15.5 Å². The van der Waals surface area contributed by atoms with Crippen LogP contribution >= 0.6 is 0 Å². The van der Waals surface area contributed by atoms with E-state index in [-0.39, 0.29) is 32.3 Å². The van der Waals surface area contributed by atoms with Gasteiger partial charge in [0.05, 0.1) is 0 Å². The van der Waals surface area contributed by atoms with Crippen LogP contribution in [0.15, 0.2) is 65.2 Å². The van der Waals surface area contributed by atoms with Gasteiger partial charge in [0.1, 0.15) is 12.6 Å². The van der Waals surface area contributed by atoms with Gasteiger partial charge in [-0.25, -0.2) is 0 Å². The fourth-order valence-electron chi connectivity index (χ4n) is 2.91. The lowest BCUT2D eigenvalue weighted by Crippen LogP contribution is -2.44. The average Bonchev–Trinajstić information content (AvgIpc) is 3.29. The second-order valence-corrected chi connectivity index (χ2v) is 7.09. The molecule has 0 bridgehead atoms. The average molecular weight is 436 g/mol. The van der Waals surface area contributed by atoms with Crippen molar-refractivity contribution in [3.05, 3.63) is 72.1 Å². The lowest BCUT2D eigenvalue weighted by atomic mass is 10.1. The molecule has 2 aromatic carbocycles. The fourth-order valence-corrected chi connectivity index (χ4v) is 2.91. The molecule has 3 rings (SSSR count). The topological polar surface area (TPSA) is 137 Å². The molecule has 32 heavy (non-hydrogen) atoms. The molecule has 2 amide bonds. The summed E-state index contributed by atoms with van der Waals surface area (Å²) < 4.78 is 10.3. The first-order chi connectivity index (χ1) is 15.5. The van der Waals surface area contributed by atoms with Gasteiger partial charge in [0.15, 0.2) is 0 Å². The number of aryl methyl sites for hydroxylation is 1. The molecular formula is C23H24N4O5. The number of benzene rings is 2. The largest absolute Gasteiger partial charge is 0.461 e. The summed E-state index contributed by atoms with van der Waals surface area (Å²) in [5.74, 6) is -0.873. The third-order valence-corrected chi connectivity index (χ3v) is 4.62. The molecule has 0 saturated carbocycles. The molecule has 0 radical (unpaired) electrons.